The Morgan fingerprint density at radius 1 is 0.172 bits per heavy atom. The fourth-order valence-corrected chi connectivity index (χ4v) is 22.6. The Morgan fingerprint density at radius 3 is 0.474 bits per heavy atom. The normalized spacial score (nSPS) is 20.3. The molecule has 0 bridgehead atoms. The Balaban J connectivity index is -0.000000155. The summed E-state index contributed by atoms with van der Waals surface area (Å²) < 4.78 is 0. The second-order valence-electron chi connectivity index (χ2n) is 41.8. The standard InChI is InChI=1S/C13H26.C12H24.C11H22.2C10H21N.2C10H20.2C9H19N.9C2H6/c1-11(2)13(12(3)4)9-7-5-6-8-10-13;1-10(2)12(11(3)4)8-6-5-7-9-12;1-9(2)11(10(3)4)7-5-6-8-11;1-8(2)10(9(3)4)5-6-11-7-10;1-8(2)10(9(3)4)6-5-7-11-10;1-8(2)10(6-7-10)9(3,4)5;1-8(2)10(9(3)4)6-5-7-10;1-7(2)9(8(3)4)5-10-6-9;1-7(2)9(8(3)4)5-6-10-9;9*1-2/h11-12H,5-10H2,1-4H3;10-11H,5-9H2,1-4H3;9-10H,5-8H2,1-4H3;2*8-9,11H,5-7H2,1-4H3;8H,6-7H2,1-5H3;8-9H,5-7H2,1-4H3;2*7-8,10H,5-6H2,1-4H3;9*1-2H3. The third-order valence-corrected chi connectivity index (χ3v) is 32.3. The van der Waals surface area contributed by atoms with Crippen LogP contribution in [0.15, 0.2) is 0 Å². The van der Waals surface area contributed by atoms with Crippen molar-refractivity contribution < 1.29 is 0 Å². The molecular weight excluding hydrogens is 1400 g/mol. The molecule has 4 saturated heterocycles. The smallest absolute Gasteiger partial charge is 0.0239 e. The van der Waals surface area contributed by atoms with Gasteiger partial charge >= 0.3 is 0 Å². The molecule has 0 aromatic heterocycles. The van der Waals surface area contributed by atoms with Crippen LogP contribution < -0.4 is 21.3 Å². The summed E-state index contributed by atoms with van der Waals surface area (Å²) in [5.74, 6) is 14.3. The van der Waals surface area contributed by atoms with E-state index in [4.69, 9.17) is 0 Å². The Hall–Kier alpha value is -0.160. The molecule has 0 unspecified atom stereocenters. The van der Waals surface area contributed by atoms with Crippen molar-refractivity contribution in [2.45, 2.75) is 546 Å². The summed E-state index contributed by atoms with van der Waals surface area (Å²) in [6.45, 7) is 131. The van der Waals surface area contributed by atoms with Crippen molar-refractivity contribution in [1.82, 2.24) is 21.3 Å². The molecule has 4 heterocycles. The molecular formula is C112H246N4. The van der Waals surface area contributed by atoms with E-state index in [-0.39, 0.29) is 0 Å². The predicted octanol–water partition coefficient (Wildman–Crippen LogP) is 37.5. The zero-order valence-corrected chi connectivity index (χ0v) is 93.0. The van der Waals surface area contributed by atoms with Gasteiger partial charge in [-0.3, -0.25) is 0 Å². The van der Waals surface area contributed by atoms with Gasteiger partial charge in [-0.25, -0.2) is 0 Å². The maximum atomic E-state index is 3.67. The average molecular weight is 1650 g/mol. The molecule has 9 aliphatic rings. The van der Waals surface area contributed by atoms with Crippen LogP contribution in [0.5, 0.6) is 0 Å². The van der Waals surface area contributed by atoms with Crippen molar-refractivity contribution in [3.05, 3.63) is 0 Å². The lowest BCUT2D eigenvalue weighted by atomic mass is 9.56. The summed E-state index contributed by atoms with van der Waals surface area (Å²) in [6, 6.07) is 0. The van der Waals surface area contributed by atoms with Crippen molar-refractivity contribution in [1.29, 1.82) is 0 Å². The van der Waals surface area contributed by atoms with Gasteiger partial charge in [-0.1, -0.05) is 445 Å². The molecule has 4 nitrogen and oxygen atoms in total. The SMILES string of the molecule is CC.CC.CC.CC.CC.CC.CC.CC.CC.CC(C)C1(C(C)(C)C)CC1.CC(C)C1(C(C)C)CCC1.CC(C)C1(C(C)C)CCCC1.CC(C)C1(C(C)C)CCCCC1.CC(C)C1(C(C)C)CCCCCC1.CC(C)C1(C(C)C)CCCN1.CC(C)C1(C(C)C)CCN1.CC(C)C1(C(C)C)CCNC1.CC(C)C1(C(C)C)CNC1. The number of rotatable bonds is 17. The summed E-state index contributed by atoms with van der Waals surface area (Å²) in [5.41, 5.74) is 6.09. The van der Waals surface area contributed by atoms with E-state index in [9.17, 15) is 0 Å². The quantitative estimate of drug-likeness (QED) is 0.110. The number of nitrogens with one attached hydrogen (secondary N) is 4. The molecule has 9 rings (SSSR count). The largest absolute Gasteiger partial charge is 0.316 e. The van der Waals surface area contributed by atoms with Crippen molar-refractivity contribution >= 4 is 0 Å². The topological polar surface area (TPSA) is 48.1 Å². The van der Waals surface area contributed by atoms with Crippen molar-refractivity contribution in [3.8, 4) is 0 Å². The van der Waals surface area contributed by atoms with Gasteiger partial charge in [0.1, 0.15) is 0 Å². The zero-order valence-electron chi connectivity index (χ0n) is 93.0. The van der Waals surface area contributed by atoms with E-state index in [1.54, 1.807) is 0 Å². The van der Waals surface area contributed by atoms with Gasteiger partial charge in [0.15, 0.2) is 0 Å². The second-order valence-corrected chi connectivity index (χ2v) is 41.8. The minimum atomic E-state index is 0.444. The first-order valence-electron chi connectivity index (χ1n) is 53.1. The van der Waals surface area contributed by atoms with Crippen LogP contribution in [0, 0.1) is 144 Å². The van der Waals surface area contributed by atoms with Gasteiger partial charge in [0.25, 0.3) is 0 Å². The summed E-state index contributed by atoms with van der Waals surface area (Å²) in [6.07, 6.45) is 34.8. The molecule has 4 heteroatoms. The van der Waals surface area contributed by atoms with Crippen LogP contribution in [0.3, 0.4) is 0 Å². The zero-order chi connectivity index (χ0) is 93.9. The van der Waals surface area contributed by atoms with Gasteiger partial charge < -0.3 is 21.3 Å². The van der Waals surface area contributed by atoms with Gasteiger partial charge in [0, 0.05) is 30.7 Å². The van der Waals surface area contributed by atoms with E-state index in [1.807, 2.05) is 125 Å². The van der Waals surface area contributed by atoms with Gasteiger partial charge in [0.05, 0.1) is 0 Å². The second kappa shape index (κ2) is 70.9. The Labute approximate surface area is 745 Å². The molecule has 714 valence electrons. The first-order chi connectivity index (χ1) is 54.2. The molecule has 5 saturated carbocycles. The maximum Gasteiger partial charge on any atom is 0.0239 e. The van der Waals surface area contributed by atoms with Crippen molar-refractivity contribution in [2.24, 2.45) is 144 Å². The molecule has 0 aromatic rings. The summed E-state index contributed by atoms with van der Waals surface area (Å²) in [7, 11) is 0. The van der Waals surface area contributed by atoms with Crippen LogP contribution in [0.25, 0.3) is 0 Å². The number of hydrogen-bond donors (Lipinski definition) is 4. The van der Waals surface area contributed by atoms with Crippen LogP contribution in [0.4, 0.5) is 0 Å². The highest BCUT2D eigenvalue weighted by atomic mass is 15.1. The summed E-state index contributed by atoms with van der Waals surface area (Å²) >= 11 is 0. The molecule has 4 N–H and O–H groups in total. The average Bonchev–Trinajstić information content (AvgIpc) is 1.60. The number of hydrogen-bond acceptors (Lipinski definition) is 4. The Kier molecular flexibility index (Phi) is 81.9. The summed E-state index contributed by atoms with van der Waals surface area (Å²) in [4.78, 5) is 0. The lowest BCUT2D eigenvalue weighted by Gasteiger charge is -2.50. The van der Waals surface area contributed by atoms with Crippen molar-refractivity contribution in [2.75, 3.05) is 39.3 Å². The predicted molar refractivity (Wildman–Crippen MR) is 549 cm³/mol. The highest BCUT2D eigenvalue weighted by molar-refractivity contribution is 5.04. The first kappa shape index (κ1) is 134. The highest BCUT2D eigenvalue weighted by Crippen LogP contribution is 2.63. The van der Waals surface area contributed by atoms with Crippen LogP contribution in [-0.4, -0.2) is 50.3 Å². The highest BCUT2D eigenvalue weighted by Gasteiger charge is 2.54. The molecule has 9 fully saturated rings. The van der Waals surface area contributed by atoms with E-state index in [0.717, 1.165) is 106 Å². The molecule has 5 aliphatic carbocycles. The van der Waals surface area contributed by atoms with E-state index < -0.39 is 0 Å². The maximum absolute atomic E-state index is 3.67. The lowest BCUT2D eigenvalue weighted by molar-refractivity contribution is 0.0135. The minimum absolute atomic E-state index is 0.444. The van der Waals surface area contributed by atoms with Gasteiger partial charge in [-0.2, -0.15) is 0 Å². The lowest BCUT2D eigenvalue weighted by Crippen LogP contribution is -2.63. The van der Waals surface area contributed by atoms with E-state index in [2.05, 4.69) is 277 Å². The Bertz CT molecular complexity index is 1760. The molecule has 0 amide bonds. The molecule has 0 spiro atoms. The van der Waals surface area contributed by atoms with E-state index >= 15 is 0 Å². The van der Waals surface area contributed by atoms with Gasteiger partial charge in [-0.05, 0) is 253 Å². The molecule has 0 radical (unpaired) electrons. The van der Waals surface area contributed by atoms with Crippen LogP contribution >= 0.6 is 0 Å². The monoisotopic (exact) mass is 1650 g/mol. The molecule has 0 aromatic carbocycles. The molecule has 4 aliphatic heterocycles. The first-order valence-corrected chi connectivity index (χ1v) is 53.1. The van der Waals surface area contributed by atoms with E-state index in [0.29, 0.717) is 49.0 Å². The Morgan fingerprint density at radius 2 is 0.388 bits per heavy atom. The van der Waals surface area contributed by atoms with Crippen LogP contribution in [0.2, 0.25) is 0 Å². The third kappa shape index (κ3) is 41.1. The molecule has 116 heavy (non-hydrogen) atoms. The van der Waals surface area contributed by atoms with Gasteiger partial charge in [-0.15, -0.1) is 0 Å². The fraction of sp³-hybridized carbons (Fsp3) is 1.00. The molecule has 0 atom stereocenters. The fourth-order valence-electron chi connectivity index (χ4n) is 22.6. The minimum Gasteiger partial charge on any atom is -0.316 e. The van der Waals surface area contributed by atoms with Crippen LogP contribution in [-0.2, 0) is 0 Å². The van der Waals surface area contributed by atoms with E-state index in [1.165, 1.54) is 193 Å². The van der Waals surface area contributed by atoms with Crippen molar-refractivity contribution in [3.63, 3.8) is 0 Å². The van der Waals surface area contributed by atoms with Gasteiger partial charge in [0.2, 0.25) is 0 Å². The van der Waals surface area contributed by atoms with Crippen LogP contribution in [0.1, 0.15) is 535 Å². The summed E-state index contributed by atoms with van der Waals surface area (Å²) in [5, 5.41) is 14.1. The third-order valence-electron chi connectivity index (χ3n) is 32.3.